The Labute approximate surface area is 152 Å². The van der Waals surface area contributed by atoms with Crippen molar-refractivity contribution in [1.29, 1.82) is 0 Å². The maximum absolute atomic E-state index is 13.1. The molecule has 1 aromatic rings. The molecule has 0 N–H and O–H groups in total. The summed E-state index contributed by atoms with van der Waals surface area (Å²) in [4.78, 5) is 25.3. The van der Waals surface area contributed by atoms with Crippen LogP contribution in [0.2, 0.25) is 0 Å². The standard InChI is InChI=1S/C22H32O3/c1-4-7-8-9-12-17(23)15-16-19-21(24)18-13-10-11-14-20(18)25-22(19,5-2)6-3/h10-11,13-14,19H,4-9,12,15-16H2,1-3H3. The first kappa shape index (κ1) is 19.7. The van der Waals surface area contributed by atoms with E-state index in [1.54, 1.807) is 0 Å². The minimum absolute atomic E-state index is 0.143. The van der Waals surface area contributed by atoms with Crippen LogP contribution in [0, 0.1) is 5.92 Å². The largest absolute Gasteiger partial charge is 0.486 e. The van der Waals surface area contributed by atoms with Crippen LogP contribution in [-0.2, 0) is 4.79 Å². The topological polar surface area (TPSA) is 43.4 Å². The van der Waals surface area contributed by atoms with Crippen molar-refractivity contribution in [3.63, 3.8) is 0 Å². The lowest BCUT2D eigenvalue weighted by molar-refractivity contribution is -0.119. The van der Waals surface area contributed by atoms with Crippen molar-refractivity contribution in [3.8, 4) is 5.75 Å². The Morgan fingerprint density at radius 1 is 1.04 bits per heavy atom. The van der Waals surface area contributed by atoms with Gasteiger partial charge < -0.3 is 4.74 Å². The quantitative estimate of drug-likeness (QED) is 0.507. The van der Waals surface area contributed by atoms with Crippen molar-refractivity contribution >= 4 is 11.6 Å². The summed E-state index contributed by atoms with van der Waals surface area (Å²) in [7, 11) is 0. The molecular weight excluding hydrogens is 312 g/mol. The molecule has 0 amide bonds. The fraction of sp³-hybridized carbons (Fsp3) is 0.636. The molecule has 1 aliphatic heterocycles. The summed E-state index contributed by atoms with van der Waals surface area (Å²) in [5.41, 5.74) is 0.189. The van der Waals surface area contributed by atoms with Crippen molar-refractivity contribution in [2.45, 2.75) is 84.2 Å². The van der Waals surface area contributed by atoms with Gasteiger partial charge in [0.05, 0.1) is 11.5 Å². The molecule has 1 atom stereocenters. The van der Waals surface area contributed by atoms with Gasteiger partial charge >= 0.3 is 0 Å². The van der Waals surface area contributed by atoms with Gasteiger partial charge in [-0.15, -0.1) is 0 Å². The van der Waals surface area contributed by atoms with Gasteiger partial charge in [-0.2, -0.15) is 0 Å². The molecule has 0 bridgehead atoms. The second-order valence-corrected chi connectivity index (χ2v) is 7.17. The third kappa shape index (κ3) is 4.50. The summed E-state index contributed by atoms with van der Waals surface area (Å²) in [5, 5.41) is 0. The molecule has 25 heavy (non-hydrogen) atoms. The van der Waals surface area contributed by atoms with E-state index in [4.69, 9.17) is 4.74 Å². The van der Waals surface area contributed by atoms with E-state index in [1.165, 1.54) is 12.8 Å². The number of ether oxygens (including phenoxy) is 1. The maximum atomic E-state index is 13.1. The normalized spacial score (nSPS) is 18.5. The minimum atomic E-state index is -0.478. The molecule has 0 radical (unpaired) electrons. The number of unbranched alkanes of at least 4 members (excludes halogenated alkanes) is 3. The predicted octanol–water partition coefficient (Wildman–Crippen LogP) is 5.76. The zero-order valence-corrected chi connectivity index (χ0v) is 16.0. The van der Waals surface area contributed by atoms with Crippen LogP contribution in [0.5, 0.6) is 5.75 Å². The van der Waals surface area contributed by atoms with Crippen molar-refractivity contribution in [1.82, 2.24) is 0 Å². The van der Waals surface area contributed by atoms with Crippen molar-refractivity contribution in [2.75, 3.05) is 0 Å². The lowest BCUT2D eigenvalue weighted by Gasteiger charge is -2.43. The Hall–Kier alpha value is -1.64. The monoisotopic (exact) mass is 344 g/mol. The molecule has 3 nitrogen and oxygen atoms in total. The highest BCUT2D eigenvalue weighted by Gasteiger charge is 2.46. The number of carbonyl (C=O) groups is 2. The first-order chi connectivity index (χ1) is 12.1. The van der Waals surface area contributed by atoms with Crippen LogP contribution in [0.3, 0.4) is 0 Å². The summed E-state index contributed by atoms with van der Waals surface area (Å²) in [6, 6.07) is 7.50. The molecule has 1 heterocycles. The molecule has 2 rings (SSSR count). The predicted molar refractivity (Wildman–Crippen MR) is 101 cm³/mol. The van der Waals surface area contributed by atoms with Crippen LogP contribution in [0.1, 0.15) is 88.9 Å². The van der Waals surface area contributed by atoms with Gasteiger partial charge in [0.25, 0.3) is 0 Å². The summed E-state index contributed by atoms with van der Waals surface area (Å²) in [6.07, 6.45) is 7.73. The second-order valence-electron chi connectivity index (χ2n) is 7.17. The molecular formula is C22H32O3. The second kappa shape index (κ2) is 9.17. The van der Waals surface area contributed by atoms with Crippen LogP contribution >= 0.6 is 0 Å². The molecule has 138 valence electrons. The van der Waals surface area contributed by atoms with Gasteiger partial charge in [-0.1, -0.05) is 52.2 Å². The number of Topliss-reactive ketones (excluding diaryl/α,β-unsaturated/α-hetero) is 2. The highest BCUT2D eigenvalue weighted by molar-refractivity contribution is 6.02. The molecule has 0 aromatic heterocycles. The SMILES string of the molecule is CCCCCCC(=O)CCC1C(=O)c2ccccc2OC1(CC)CC. The lowest BCUT2D eigenvalue weighted by atomic mass is 9.73. The van der Waals surface area contributed by atoms with E-state index in [0.717, 1.165) is 25.7 Å². The van der Waals surface area contributed by atoms with E-state index in [1.807, 2.05) is 24.3 Å². The molecule has 1 aliphatic rings. The lowest BCUT2D eigenvalue weighted by Crippen LogP contribution is -2.50. The van der Waals surface area contributed by atoms with Gasteiger partial charge in [-0.25, -0.2) is 0 Å². The van der Waals surface area contributed by atoms with Crippen LogP contribution in [0.25, 0.3) is 0 Å². The zero-order chi connectivity index (χ0) is 18.3. The number of benzene rings is 1. The average Bonchev–Trinajstić information content (AvgIpc) is 2.64. The molecule has 0 aliphatic carbocycles. The molecule has 1 aromatic carbocycles. The summed E-state index contributed by atoms with van der Waals surface area (Å²) in [6.45, 7) is 6.32. The molecule has 3 heteroatoms. The van der Waals surface area contributed by atoms with Crippen molar-refractivity contribution in [2.24, 2.45) is 5.92 Å². The maximum Gasteiger partial charge on any atom is 0.173 e. The van der Waals surface area contributed by atoms with Gasteiger partial charge in [0.2, 0.25) is 0 Å². The molecule has 0 saturated carbocycles. The van der Waals surface area contributed by atoms with Gasteiger partial charge in [0, 0.05) is 12.8 Å². The van der Waals surface area contributed by atoms with Gasteiger partial charge in [-0.3, -0.25) is 9.59 Å². The van der Waals surface area contributed by atoms with E-state index in [0.29, 0.717) is 30.6 Å². The first-order valence-corrected chi connectivity index (χ1v) is 9.91. The van der Waals surface area contributed by atoms with Crippen molar-refractivity contribution < 1.29 is 14.3 Å². The Morgan fingerprint density at radius 3 is 2.44 bits per heavy atom. The molecule has 0 spiro atoms. The summed E-state index contributed by atoms with van der Waals surface area (Å²) in [5.74, 6) is 0.892. The highest BCUT2D eigenvalue weighted by Crippen LogP contribution is 2.42. The Morgan fingerprint density at radius 2 is 1.76 bits per heavy atom. The van der Waals surface area contributed by atoms with E-state index >= 15 is 0 Å². The number of hydrogen-bond acceptors (Lipinski definition) is 3. The average molecular weight is 344 g/mol. The minimum Gasteiger partial charge on any atom is -0.486 e. The smallest absolute Gasteiger partial charge is 0.173 e. The summed E-state index contributed by atoms with van der Waals surface area (Å²) >= 11 is 0. The molecule has 0 saturated heterocycles. The third-order valence-corrected chi connectivity index (χ3v) is 5.64. The van der Waals surface area contributed by atoms with Crippen LogP contribution in [0.15, 0.2) is 24.3 Å². The van der Waals surface area contributed by atoms with E-state index in [9.17, 15) is 9.59 Å². The van der Waals surface area contributed by atoms with E-state index in [2.05, 4.69) is 20.8 Å². The van der Waals surface area contributed by atoms with Crippen molar-refractivity contribution in [3.05, 3.63) is 29.8 Å². The number of carbonyl (C=O) groups excluding carboxylic acids is 2. The molecule has 1 unspecified atom stereocenters. The number of ketones is 2. The summed E-state index contributed by atoms with van der Waals surface area (Å²) < 4.78 is 6.31. The van der Waals surface area contributed by atoms with Crippen LogP contribution in [0.4, 0.5) is 0 Å². The van der Waals surface area contributed by atoms with E-state index in [-0.39, 0.29) is 17.5 Å². The molecule has 0 fully saturated rings. The number of rotatable bonds is 10. The first-order valence-electron chi connectivity index (χ1n) is 9.91. The highest BCUT2D eigenvalue weighted by atomic mass is 16.5. The van der Waals surface area contributed by atoms with E-state index < -0.39 is 5.60 Å². The fourth-order valence-corrected chi connectivity index (χ4v) is 3.94. The Balaban J connectivity index is 2.06. The number of hydrogen-bond donors (Lipinski definition) is 0. The third-order valence-electron chi connectivity index (χ3n) is 5.64. The van der Waals surface area contributed by atoms with Gasteiger partial charge in [-0.05, 0) is 37.8 Å². The van der Waals surface area contributed by atoms with Gasteiger partial charge in [0.15, 0.2) is 5.78 Å². The number of para-hydroxylation sites is 1. The number of fused-ring (bicyclic) bond motifs is 1. The Bertz CT molecular complexity index is 587. The van der Waals surface area contributed by atoms with Crippen LogP contribution < -0.4 is 4.74 Å². The van der Waals surface area contributed by atoms with Gasteiger partial charge in [0.1, 0.15) is 17.1 Å². The Kier molecular flexibility index (Phi) is 7.22. The van der Waals surface area contributed by atoms with Crippen LogP contribution in [-0.4, -0.2) is 17.2 Å². The fourth-order valence-electron chi connectivity index (χ4n) is 3.94. The zero-order valence-electron chi connectivity index (χ0n) is 16.0.